The first kappa shape index (κ1) is 11.8. The lowest BCUT2D eigenvalue weighted by Gasteiger charge is -2.37. The highest BCUT2D eigenvalue weighted by molar-refractivity contribution is 5.62. The molecule has 0 aromatic heterocycles. The Morgan fingerprint density at radius 1 is 1.22 bits per heavy atom. The van der Waals surface area contributed by atoms with Gasteiger partial charge in [-0.1, -0.05) is 6.07 Å². The molecule has 2 aliphatic rings. The highest BCUT2D eigenvalue weighted by atomic mass is 19.4. The van der Waals surface area contributed by atoms with Crippen molar-refractivity contribution >= 4 is 5.69 Å². The lowest BCUT2D eigenvalue weighted by molar-refractivity contribution is -0.137. The van der Waals surface area contributed by atoms with Crippen LogP contribution in [0.1, 0.15) is 30.4 Å². The molecule has 2 nitrogen and oxygen atoms in total. The Morgan fingerprint density at radius 3 is 2.72 bits per heavy atom. The van der Waals surface area contributed by atoms with Crippen molar-refractivity contribution in [1.82, 2.24) is 0 Å². The molecule has 0 amide bonds. The molecule has 0 aliphatic carbocycles. The standard InChI is InChI=1S/C13H15F3N2/c14-13(15,16)9-5-4-8-6-10-2-1-3-12(17)18(10)11(8)7-9/h4-5,7,10,12H,1-3,6,17H2. The Morgan fingerprint density at radius 2 is 2.00 bits per heavy atom. The van der Waals surface area contributed by atoms with Crippen molar-refractivity contribution in [3.05, 3.63) is 29.3 Å². The summed E-state index contributed by atoms with van der Waals surface area (Å²) in [6.45, 7) is 0. The Bertz CT molecular complexity index is 470. The average molecular weight is 256 g/mol. The second-order valence-electron chi connectivity index (χ2n) is 5.10. The van der Waals surface area contributed by atoms with Crippen LogP contribution in [0.5, 0.6) is 0 Å². The van der Waals surface area contributed by atoms with Crippen LogP contribution >= 0.6 is 0 Å². The fraction of sp³-hybridized carbons (Fsp3) is 0.538. The molecule has 0 spiro atoms. The number of hydrogen-bond acceptors (Lipinski definition) is 2. The summed E-state index contributed by atoms with van der Waals surface area (Å²) in [6, 6.07) is 4.30. The van der Waals surface area contributed by atoms with Gasteiger partial charge in [0.05, 0.1) is 11.7 Å². The van der Waals surface area contributed by atoms with Crippen molar-refractivity contribution in [1.29, 1.82) is 0 Å². The van der Waals surface area contributed by atoms with Crippen LogP contribution in [0.25, 0.3) is 0 Å². The summed E-state index contributed by atoms with van der Waals surface area (Å²) in [5, 5.41) is 0. The van der Waals surface area contributed by atoms with E-state index in [-0.39, 0.29) is 12.2 Å². The van der Waals surface area contributed by atoms with Crippen molar-refractivity contribution in [3.63, 3.8) is 0 Å². The van der Waals surface area contributed by atoms with E-state index in [0.717, 1.165) is 31.2 Å². The maximum absolute atomic E-state index is 12.7. The number of nitrogens with zero attached hydrogens (tertiary/aromatic N) is 1. The zero-order valence-electron chi connectivity index (χ0n) is 9.87. The molecule has 1 fully saturated rings. The lowest BCUT2D eigenvalue weighted by atomic mass is 10.00. The van der Waals surface area contributed by atoms with Crippen LogP contribution in [0.3, 0.4) is 0 Å². The summed E-state index contributed by atoms with van der Waals surface area (Å²) < 4.78 is 38.2. The van der Waals surface area contributed by atoms with Crippen molar-refractivity contribution < 1.29 is 13.2 Å². The molecule has 1 aromatic carbocycles. The zero-order valence-corrected chi connectivity index (χ0v) is 9.87. The van der Waals surface area contributed by atoms with E-state index in [9.17, 15) is 13.2 Å². The summed E-state index contributed by atoms with van der Waals surface area (Å²) >= 11 is 0. The van der Waals surface area contributed by atoms with Crippen molar-refractivity contribution in [2.24, 2.45) is 5.73 Å². The largest absolute Gasteiger partial charge is 0.416 e. The van der Waals surface area contributed by atoms with E-state index in [0.29, 0.717) is 5.69 Å². The van der Waals surface area contributed by atoms with Crippen molar-refractivity contribution in [2.45, 2.75) is 44.1 Å². The number of piperidine rings is 1. The SMILES string of the molecule is NC1CCCC2Cc3ccc(C(F)(F)F)cc3N12. The fourth-order valence-electron chi connectivity index (χ4n) is 3.09. The van der Waals surface area contributed by atoms with Crippen molar-refractivity contribution in [2.75, 3.05) is 4.90 Å². The minimum atomic E-state index is -4.28. The number of hydrogen-bond donors (Lipinski definition) is 1. The van der Waals surface area contributed by atoms with E-state index in [1.165, 1.54) is 12.1 Å². The lowest BCUT2D eigenvalue weighted by Crippen LogP contribution is -2.49. The molecule has 98 valence electrons. The summed E-state index contributed by atoms with van der Waals surface area (Å²) in [7, 11) is 0. The quantitative estimate of drug-likeness (QED) is 0.773. The Hall–Kier alpha value is -1.23. The second-order valence-corrected chi connectivity index (χ2v) is 5.10. The predicted molar refractivity (Wildman–Crippen MR) is 63.2 cm³/mol. The minimum absolute atomic E-state index is 0.145. The number of nitrogens with two attached hydrogens (primary N) is 1. The minimum Gasteiger partial charge on any atom is -0.353 e. The van der Waals surface area contributed by atoms with Crippen LogP contribution in [0.15, 0.2) is 18.2 Å². The number of benzene rings is 1. The van der Waals surface area contributed by atoms with Crippen LogP contribution in [-0.2, 0) is 12.6 Å². The zero-order chi connectivity index (χ0) is 12.9. The summed E-state index contributed by atoms with van der Waals surface area (Å²) in [6.07, 6.45) is -0.680. The van der Waals surface area contributed by atoms with E-state index in [1.54, 1.807) is 6.07 Å². The molecular weight excluding hydrogens is 241 g/mol. The molecule has 3 rings (SSSR count). The van der Waals surface area contributed by atoms with E-state index in [2.05, 4.69) is 0 Å². The average Bonchev–Trinajstić information content (AvgIpc) is 2.66. The van der Waals surface area contributed by atoms with Gasteiger partial charge in [-0.2, -0.15) is 13.2 Å². The smallest absolute Gasteiger partial charge is 0.353 e. The van der Waals surface area contributed by atoms with Gasteiger partial charge in [0.1, 0.15) is 0 Å². The predicted octanol–water partition coefficient (Wildman–Crippen LogP) is 2.91. The van der Waals surface area contributed by atoms with Gasteiger partial charge in [0.25, 0.3) is 0 Å². The van der Waals surface area contributed by atoms with Gasteiger partial charge in [-0.3, -0.25) is 0 Å². The molecule has 2 aliphatic heterocycles. The van der Waals surface area contributed by atoms with Gasteiger partial charge in [-0.05, 0) is 43.4 Å². The molecule has 18 heavy (non-hydrogen) atoms. The molecule has 2 unspecified atom stereocenters. The molecule has 0 radical (unpaired) electrons. The van der Waals surface area contributed by atoms with Crippen LogP contribution < -0.4 is 10.6 Å². The molecule has 2 heterocycles. The van der Waals surface area contributed by atoms with Crippen LogP contribution in [0.2, 0.25) is 0 Å². The topological polar surface area (TPSA) is 29.3 Å². The fourth-order valence-corrected chi connectivity index (χ4v) is 3.09. The molecule has 2 N–H and O–H groups in total. The number of rotatable bonds is 0. The highest BCUT2D eigenvalue weighted by Crippen LogP contribution is 2.41. The van der Waals surface area contributed by atoms with Gasteiger partial charge < -0.3 is 10.6 Å². The van der Waals surface area contributed by atoms with Gasteiger partial charge in [-0.25, -0.2) is 0 Å². The maximum Gasteiger partial charge on any atom is 0.416 e. The van der Waals surface area contributed by atoms with Gasteiger partial charge in [0.2, 0.25) is 0 Å². The summed E-state index contributed by atoms with van der Waals surface area (Å²) in [5.74, 6) is 0. The van der Waals surface area contributed by atoms with Crippen LogP contribution in [0, 0.1) is 0 Å². The molecular formula is C13H15F3N2. The molecule has 1 saturated heterocycles. The third-order valence-electron chi connectivity index (χ3n) is 3.93. The van der Waals surface area contributed by atoms with E-state index >= 15 is 0 Å². The Kier molecular flexibility index (Phi) is 2.55. The van der Waals surface area contributed by atoms with Crippen LogP contribution in [0.4, 0.5) is 18.9 Å². The molecule has 2 atom stereocenters. The van der Waals surface area contributed by atoms with Gasteiger partial charge in [0.15, 0.2) is 0 Å². The van der Waals surface area contributed by atoms with E-state index in [1.807, 2.05) is 4.90 Å². The Balaban J connectivity index is 2.02. The first-order valence-corrected chi connectivity index (χ1v) is 6.21. The first-order chi connectivity index (χ1) is 8.47. The number of fused-ring (bicyclic) bond motifs is 3. The molecule has 0 saturated carbocycles. The highest BCUT2D eigenvalue weighted by Gasteiger charge is 2.38. The van der Waals surface area contributed by atoms with Gasteiger partial charge >= 0.3 is 6.18 Å². The third kappa shape index (κ3) is 1.77. The number of anilines is 1. The monoisotopic (exact) mass is 256 g/mol. The maximum atomic E-state index is 12.7. The van der Waals surface area contributed by atoms with Gasteiger partial charge in [-0.15, -0.1) is 0 Å². The molecule has 1 aromatic rings. The summed E-state index contributed by atoms with van der Waals surface area (Å²) in [4.78, 5) is 1.98. The molecule has 5 heteroatoms. The molecule has 0 bridgehead atoms. The normalized spacial score (nSPS) is 27.0. The van der Waals surface area contributed by atoms with Crippen molar-refractivity contribution in [3.8, 4) is 0 Å². The van der Waals surface area contributed by atoms with E-state index in [4.69, 9.17) is 5.73 Å². The summed E-state index contributed by atoms with van der Waals surface area (Å²) in [5.41, 5.74) is 7.13. The number of halogens is 3. The second kappa shape index (κ2) is 3.88. The number of alkyl halides is 3. The van der Waals surface area contributed by atoms with Crippen LogP contribution in [-0.4, -0.2) is 12.2 Å². The Labute approximate surface area is 104 Å². The first-order valence-electron chi connectivity index (χ1n) is 6.21. The third-order valence-corrected chi connectivity index (χ3v) is 3.93. The van der Waals surface area contributed by atoms with E-state index < -0.39 is 11.7 Å². The van der Waals surface area contributed by atoms with Gasteiger partial charge in [0, 0.05) is 11.7 Å².